The lowest BCUT2D eigenvalue weighted by Gasteiger charge is -2.44. The smallest absolute Gasteiger partial charge is 0.247 e. The second-order valence-electron chi connectivity index (χ2n) is 2.38. The first-order valence-corrected chi connectivity index (χ1v) is 4.21. The fourth-order valence-electron chi connectivity index (χ4n) is 1.16. The molecular formula is C6H8N2OS. The first kappa shape index (κ1) is 6.24. The van der Waals surface area contributed by atoms with Crippen LogP contribution in [0.4, 0.5) is 0 Å². The average molecular weight is 156 g/mol. The van der Waals surface area contributed by atoms with Crippen molar-refractivity contribution >= 4 is 17.7 Å². The van der Waals surface area contributed by atoms with Gasteiger partial charge < -0.3 is 10.6 Å². The van der Waals surface area contributed by atoms with Crippen LogP contribution in [0.5, 0.6) is 0 Å². The number of hydrogen-bond acceptors (Lipinski definition) is 3. The van der Waals surface area contributed by atoms with Gasteiger partial charge in [0, 0.05) is 12.0 Å². The number of nitrogens with zero attached hydrogens (tertiary/aromatic N) is 1. The van der Waals surface area contributed by atoms with E-state index >= 15 is 0 Å². The van der Waals surface area contributed by atoms with Crippen molar-refractivity contribution in [1.82, 2.24) is 4.90 Å². The van der Waals surface area contributed by atoms with Crippen LogP contribution in [0.25, 0.3) is 0 Å². The van der Waals surface area contributed by atoms with Crippen LogP contribution in [0.2, 0.25) is 0 Å². The second kappa shape index (κ2) is 2.00. The van der Waals surface area contributed by atoms with Crippen LogP contribution in [0.1, 0.15) is 0 Å². The molecule has 1 amide bonds. The van der Waals surface area contributed by atoms with E-state index in [4.69, 9.17) is 5.73 Å². The molecule has 0 spiro atoms. The van der Waals surface area contributed by atoms with Gasteiger partial charge >= 0.3 is 0 Å². The van der Waals surface area contributed by atoms with Gasteiger partial charge in [-0.15, -0.1) is 11.8 Å². The Morgan fingerprint density at radius 1 is 1.80 bits per heavy atom. The fraction of sp³-hybridized carbons (Fsp3) is 0.500. The Balaban J connectivity index is 2.18. The second-order valence-corrected chi connectivity index (χ2v) is 3.53. The van der Waals surface area contributed by atoms with Crippen molar-refractivity contribution in [3.63, 3.8) is 0 Å². The van der Waals surface area contributed by atoms with Crippen molar-refractivity contribution in [2.45, 2.75) is 11.4 Å². The third kappa shape index (κ3) is 0.630. The number of carbonyl (C=O) groups excluding carboxylic acids is 1. The lowest BCUT2D eigenvalue weighted by atomic mass is 10.1. The summed E-state index contributed by atoms with van der Waals surface area (Å²) in [6.07, 6.45) is 3.80. The maximum absolute atomic E-state index is 10.9. The van der Waals surface area contributed by atoms with Gasteiger partial charge in [-0.1, -0.05) is 6.08 Å². The predicted octanol–water partition coefficient (Wildman–Crippen LogP) is -0.258. The van der Waals surface area contributed by atoms with Gasteiger partial charge in [-0.05, 0) is 0 Å². The molecule has 4 heteroatoms. The van der Waals surface area contributed by atoms with E-state index < -0.39 is 0 Å². The number of amides is 1. The van der Waals surface area contributed by atoms with E-state index in [9.17, 15) is 4.79 Å². The highest BCUT2D eigenvalue weighted by molar-refractivity contribution is 8.00. The molecule has 2 heterocycles. The third-order valence-electron chi connectivity index (χ3n) is 1.75. The molecule has 2 atom stereocenters. The van der Waals surface area contributed by atoms with Crippen molar-refractivity contribution in [2.75, 3.05) is 5.75 Å². The molecule has 2 aliphatic rings. The summed E-state index contributed by atoms with van der Waals surface area (Å²) in [6, 6.07) is -0.255. The van der Waals surface area contributed by atoms with Gasteiger partial charge in [0.15, 0.2) is 0 Å². The molecule has 0 unspecified atom stereocenters. The van der Waals surface area contributed by atoms with Crippen molar-refractivity contribution in [3.8, 4) is 0 Å². The highest BCUT2D eigenvalue weighted by Gasteiger charge is 2.44. The number of carbonyl (C=O) groups is 1. The summed E-state index contributed by atoms with van der Waals surface area (Å²) < 4.78 is 0. The molecule has 0 bridgehead atoms. The standard InChI is InChI=1S/C6H8N2OS/c7-4-5(9)8-2-1-3-10-6(4)8/h1-2,4,6H,3,7H2/t4-,6-/m1/s1. The Morgan fingerprint density at radius 3 is 3.30 bits per heavy atom. The molecule has 2 N–H and O–H groups in total. The van der Waals surface area contributed by atoms with Gasteiger partial charge in [0.2, 0.25) is 5.91 Å². The van der Waals surface area contributed by atoms with Crippen LogP contribution in [-0.4, -0.2) is 28.0 Å². The molecule has 0 aromatic carbocycles. The van der Waals surface area contributed by atoms with Gasteiger partial charge in [0.25, 0.3) is 0 Å². The minimum atomic E-state index is -0.255. The summed E-state index contributed by atoms with van der Waals surface area (Å²) in [6.45, 7) is 0. The van der Waals surface area contributed by atoms with Gasteiger partial charge in [-0.3, -0.25) is 4.79 Å². The Kier molecular flexibility index (Phi) is 1.25. The lowest BCUT2D eigenvalue weighted by molar-refractivity contribution is -0.140. The van der Waals surface area contributed by atoms with Crippen molar-refractivity contribution in [1.29, 1.82) is 0 Å². The Bertz CT molecular complexity index is 204. The van der Waals surface area contributed by atoms with E-state index in [2.05, 4.69) is 0 Å². The lowest BCUT2D eigenvalue weighted by Crippen LogP contribution is -2.65. The fourth-order valence-corrected chi connectivity index (χ4v) is 2.22. The van der Waals surface area contributed by atoms with Crippen LogP contribution < -0.4 is 5.73 Å². The molecule has 0 aliphatic carbocycles. The van der Waals surface area contributed by atoms with Gasteiger partial charge in [0.1, 0.15) is 11.4 Å². The molecule has 3 nitrogen and oxygen atoms in total. The van der Waals surface area contributed by atoms with Gasteiger partial charge in [-0.25, -0.2) is 0 Å². The van der Waals surface area contributed by atoms with E-state index in [0.717, 1.165) is 5.75 Å². The van der Waals surface area contributed by atoms with Crippen LogP contribution in [0.3, 0.4) is 0 Å². The molecule has 10 heavy (non-hydrogen) atoms. The zero-order chi connectivity index (χ0) is 7.14. The van der Waals surface area contributed by atoms with Crippen molar-refractivity contribution in [3.05, 3.63) is 12.3 Å². The molecular weight excluding hydrogens is 148 g/mol. The highest BCUT2D eigenvalue weighted by atomic mass is 32.2. The maximum Gasteiger partial charge on any atom is 0.247 e. The maximum atomic E-state index is 10.9. The van der Waals surface area contributed by atoms with E-state index in [-0.39, 0.29) is 17.3 Å². The summed E-state index contributed by atoms with van der Waals surface area (Å²) in [4.78, 5) is 12.6. The SMILES string of the molecule is N[C@@H]1C(=O)N2C=CCS[C@H]12. The van der Waals surface area contributed by atoms with Crippen LogP contribution in [0.15, 0.2) is 12.3 Å². The monoisotopic (exact) mass is 156 g/mol. The zero-order valence-corrected chi connectivity index (χ0v) is 6.17. The number of rotatable bonds is 0. The molecule has 1 fully saturated rings. The molecule has 54 valence electrons. The minimum Gasteiger partial charge on any atom is -0.317 e. The minimum absolute atomic E-state index is 0.0495. The summed E-state index contributed by atoms with van der Waals surface area (Å²) in [5, 5.41) is 0.220. The first-order valence-electron chi connectivity index (χ1n) is 3.17. The van der Waals surface area contributed by atoms with Crippen molar-refractivity contribution in [2.24, 2.45) is 5.73 Å². The third-order valence-corrected chi connectivity index (χ3v) is 3.00. The number of fused-ring (bicyclic) bond motifs is 1. The van der Waals surface area contributed by atoms with E-state index in [1.807, 2.05) is 12.3 Å². The first-order chi connectivity index (χ1) is 4.80. The molecule has 0 saturated carbocycles. The van der Waals surface area contributed by atoms with E-state index in [1.54, 1.807) is 16.7 Å². The summed E-state index contributed by atoms with van der Waals surface area (Å²) in [7, 11) is 0. The summed E-state index contributed by atoms with van der Waals surface area (Å²) in [5.74, 6) is 1.02. The molecule has 0 aromatic heterocycles. The Labute approximate surface area is 63.2 Å². The number of β-lactam (4-membered cyclic amide) rings is 1. The highest BCUT2D eigenvalue weighted by Crippen LogP contribution is 2.31. The summed E-state index contributed by atoms with van der Waals surface area (Å²) in [5.41, 5.74) is 5.53. The van der Waals surface area contributed by atoms with Gasteiger partial charge in [0.05, 0.1) is 0 Å². The largest absolute Gasteiger partial charge is 0.317 e. The normalized spacial score (nSPS) is 37.3. The van der Waals surface area contributed by atoms with E-state index in [0.29, 0.717) is 0 Å². The van der Waals surface area contributed by atoms with Crippen LogP contribution in [-0.2, 0) is 4.79 Å². The molecule has 2 rings (SSSR count). The Morgan fingerprint density at radius 2 is 2.60 bits per heavy atom. The van der Waals surface area contributed by atoms with Crippen LogP contribution in [0, 0.1) is 0 Å². The predicted molar refractivity (Wildman–Crippen MR) is 40.2 cm³/mol. The molecule has 0 radical (unpaired) electrons. The number of hydrogen-bond donors (Lipinski definition) is 1. The Hall–Kier alpha value is -0.480. The summed E-state index contributed by atoms with van der Waals surface area (Å²) >= 11 is 1.72. The molecule has 1 saturated heterocycles. The molecule has 0 aromatic rings. The number of nitrogens with two attached hydrogens (primary N) is 1. The van der Waals surface area contributed by atoms with Crippen LogP contribution >= 0.6 is 11.8 Å². The average Bonchev–Trinajstić information content (AvgIpc) is 2.03. The quantitative estimate of drug-likeness (QED) is 0.492. The zero-order valence-electron chi connectivity index (χ0n) is 5.36. The van der Waals surface area contributed by atoms with E-state index in [1.165, 1.54) is 0 Å². The van der Waals surface area contributed by atoms with Gasteiger partial charge in [-0.2, -0.15) is 0 Å². The topological polar surface area (TPSA) is 46.3 Å². The number of thioether (sulfide) groups is 1. The molecule has 2 aliphatic heterocycles. The van der Waals surface area contributed by atoms with Crippen molar-refractivity contribution < 1.29 is 4.79 Å².